The van der Waals surface area contributed by atoms with Crippen LogP contribution in [0.1, 0.15) is 23.3 Å². The number of aromatic nitrogens is 3. The van der Waals surface area contributed by atoms with E-state index in [4.69, 9.17) is 13.7 Å². The number of H-pyrrole nitrogens is 1. The number of amides is 1. The summed E-state index contributed by atoms with van der Waals surface area (Å²) < 4.78 is 16.1. The van der Waals surface area contributed by atoms with E-state index in [0.29, 0.717) is 23.7 Å². The van der Waals surface area contributed by atoms with Gasteiger partial charge in [-0.2, -0.15) is 5.10 Å². The van der Waals surface area contributed by atoms with Gasteiger partial charge in [0.25, 0.3) is 5.91 Å². The van der Waals surface area contributed by atoms with Gasteiger partial charge in [-0.05, 0) is 49.7 Å². The number of piperazine rings is 1. The third-order valence-electron chi connectivity index (χ3n) is 6.11. The van der Waals surface area contributed by atoms with Gasteiger partial charge >= 0.3 is 0 Å². The van der Waals surface area contributed by atoms with Crippen LogP contribution < -0.4 is 15.0 Å². The lowest BCUT2D eigenvalue weighted by molar-refractivity contribution is 0.0947. The van der Waals surface area contributed by atoms with E-state index in [2.05, 4.69) is 30.5 Å². The topological polar surface area (TPSA) is 113 Å². The predicted molar refractivity (Wildman–Crippen MR) is 127 cm³/mol. The summed E-state index contributed by atoms with van der Waals surface area (Å²) in [6.45, 7) is 5.34. The Morgan fingerprint density at radius 1 is 1.18 bits per heavy atom. The molecule has 1 aromatic carbocycles. The second kappa shape index (κ2) is 10.0. The summed E-state index contributed by atoms with van der Waals surface area (Å²) in [6, 6.07) is 11.1. The molecule has 2 N–H and O–H groups in total. The van der Waals surface area contributed by atoms with Crippen molar-refractivity contribution in [2.75, 3.05) is 51.3 Å². The second-order valence-corrected chi connectivity index (χ2v) is 8.30. The average molecular weight is 465 g/mol. The number of hydrogen-bond acceptors (Lipinski definition) is 8. The molecule has 1 aliphatic rings. The summed E-state index contributed by atoms with van der Waals surface area (Å²) in [6.07, 6.45) is 3.52. The van der Waals surface area contributed by atoms with Crippen LogP contribution in [-0.4, -0.2) is 72.5 Å². The highest BCUT2D eigenvalue weighted by Gasteiger charge is 2.22. The summed E-state index contributed by atoms with van der Waals surface area (Å²) in [5.74, 6) is 2.15. The van der Waals surface area contributed by atoms with Crippen LogP contribution in [0.25, 0.3) is 22.4 Å². The number of nitrogens with zero attached hydrogens (tertiary/aromatic N) is 4. The highest BCUT2D eigenvalue weighted by Crippen LogP contribution is 2.30. The van der Waals surface area contributed by atoms with Crippen molar-refractivity contribution in [2.24, 2.45) is 0 Å². The van der Waals surface area contributed by atoms with Crippen molar-refractivity contribution in [3.05, 3.63) is 48.4 Å². The van der Waals surface area contributed by atoms with Crippen molar-refractivity contribution in [1.29, 1.82) is 0 Å². The maximum atomic E-state index is 12.3. The van der Waals surface area contributed by atoms with Crippen molar-refractivity contribution in [3.8, 4) is 17.2 Å². The van der Waals surface area contributed by atoms with Crippen LogP contribution in [0.2, 0.25) is 0 Å². The normalized spacial score (nSPS) is 14.6. The first-order valence-corrected chi connectivity index (χ1v) is 11.5. The Hall–Kier alpha value is -3.79. The molecule has 10 heteroatoms. The number of ether oxygens (including phenoxy) is 1. The van der Waals surface area contributed by atoms with Gasteiger partial charge in [0.05, 0.1) is 18.8 Å². The van der Waals surface area contributed by atoms with Gasteiger partial charge in [0.2, 0.25) is 0 Å². The molecule has 4 aromatic rings. The quantitative estimate of drug-likeness (QED) is 0.363. The van der Waals surface area contributed by atoms with Crippen LogP contribution in [0.5, 0.6) is 5.75 Å². The lowest BCUT2D eigenvalue weighted by Gasteiger charge is -2.34. The fourth-order valence-corrected chi connectivity index (χ4v) is 4.19. The first-order valence-electron chi connectivity index (χ1n) is 11.5. The van der Waals surface area contributed by atoms with Gasteiger partial charge in [0, 0.05) is 38.8 Å². The Kier molecular flexibility index (Phi) is 6.48. The Labute approximate surface area is 196 Å². The number of fused-ring (bicyclic) bond motifs is 1. The first kappa shape index (κ1) is 22.0. The largest absolute Gasteiger partial charge is 0.497 e. The van der Waals surface area contributed by atoms with Gasteiger partial charge in [-0.3, -0.25) is 14.8 Å². The van der Waals surface area contributed by atoms with Gasteiger partial charge in [0.15, 0.2) is 22.9 Å². The predicted octanol–water partition coefficient (Wildman–Crippen LogP) is 3.15. The van der Waals surface area contributed by atoms with Crippen LogP contribution in [-0.2, 0) is 0 Å². The molecule has 1 amide bonds. The molecule has 4 heterocycles. The maximum absolute atomic E-state index is 12.3. The standard InChI is InChI=1S/C24H28N6O4/c1-32-17-6-7-21-18(15-17)23(28-34-21)30-12-10-29(11-13-30)9-3-2-8-25-24(31)20-16-19(26-27-20)22-5-4-14-33-22/h4-7,14-16H,2-3,8-13H2,1H3,(H,25,31)(H,26,27). The fraction of sp³-hybridized carbons (Fsp3) is 0.375. The maximum Gasteiger partial charge on any atom is 0.271 e. The molecule has 0 saturated carbocycles. The molecule has 0 aliphatic carbocycles. The molecule has 1 fully saturated rings. The number of nitrogens with one attached hydrogen (secondary N) is 2. The summed E-state index contributed by atoms with van der Waals surface area (Å²) in [7, 11) is 1.66. The molecular formula is C24H28N6O4. The SMILES string of the molecule is COc1ccc2onc(N3CCN(CCCCNC(=O)c4cc(-c5ccco5)[nH]n4)CC3)c2c1. The molecule has 0 bridgehead atoms. The average Bonchev–Trinajstić information content (AvgIpc) is 3.64. The van der Waals surface area contributed by atoms with Gasteiger partial charge < -0.3 is 23.9 Å². The van der Waals surface area contributed by atoms with Crippen LogP contribution >= 0.6 is 0 Å². The van der Waals surface area contributed by atoms with E-state index >= 15 is 0 Å². The number of rotatable bonds is 9. The first-order chi connectivity index (χ1) is 16.7. The number of carbonyl (C=O) groups excluding carboxylic acids is 1. The molecule has 0 radical (unpaired) electrons. The molecule has 178 valence electrons. The molecule has 1 saturated heterocycles. The number of unbranched alkanes of at least 4 members (excludes halogenated alkanes) is 1. The number of aromatic amines is 1. The van der Waals surface area contributed by atoms with Crippen molar-refractivity contribution < 1.29 is 18.5 Å². The molecule has 5 rings (SSSR count). The van der Waals surface area contributed by atoms with E-state index in [0.717, 1.165) is 68.1 Å². The van der Waals surface area contributed by atoms with Crippen LogP contribution in [0.3, 0.4) is 0 Å². The second-order valence-electron chi connectivity index (χ2n) is 8.30. The molecule has 0 spiro atoms. The third-order valence-corrected chi connectivity index (χ3v) is 6.11. The Balaban J connectivity index is 1.02. The zero-order valence-corrected chi connectivity index (χ0v) is 19.1. The fourth-order valence-electron chi connectivity index (χ4n) is 4.19. The highest BCUT2D eigenvalue weighted by atomic mass is 16.5. The Morgan fingerprint density at radius 3 is 2.85 bits per heavy atom. The number of carbonyl (C=O) groups is 1. The summed E-state index contributed by atoms with van der Waals surface area (Å²) in [5, 5.41) is 15.1. The highest BCUT2D eigenvalue weighted by molar-refractivity contribution is 5.93. The van der Waals surface area contributed by atoms with E-state index < -0.39 is 0 Å². The Bertz CT molecular complexity index is 1220. The number of benzene rings is 1. The molecule has 3 aromatic heterocycles. The molecule has 0 atom stereocenters. The van der Waals surface area contributed by atoms with E-state index in [1.165, 1.54) is 0 Å². The van der Waals surface area contributed by atoms with Gasteiger partial charge in [-0.25, -0.2) is 0 Å². The Morgan fingerprint density at radius 2 is 2.06 bits per heavy atom. The van der Waals surface area contributed by atoms with Crippen molar-refractivity contribution in [3.63, 3.8) is 0 Å². The summed E-state index contributed by atoms with van der Waals surface area (Å²) in [4.78, 5) is 17.0. The van der Waals surface area contributed by atoms with Crippen molar-refractivity contribution in [2.45, 2.75) is 12.8 Å². The number of hydrogen-bond donors (Lipinski definition) is 2. The van der Waals surface area contributed by atoms with Gasteiger partial charge in [-0.1, -0.05) is 5.16 Å². The van der Waals surface area contributed by atoms with Gasteiger partial charge in [0.1, 0.15) is 11.4 Å². The molecule has 10 nitrogen and oxygen atoms in total. The molecule has 34 heavy (non-hydrogen) atoms. The summed E-state index contributed by atoms with van der Waals surface area (Å²) in [5.41, 5.74) is 1.82. The monoisotopic (exact) mass is 464 g/mol. The van der Waals surface area contributed by atoms with E-state index in [9.17, 15) is 4.79 Å². The number of methoxy groups -OCH3 is 1. The van der Waals surface area contributed by atoms with Crippen molar-refractivity contribution >= 4 is 22.7 Å². The van der Waals surface area contributed by atoms with E-state index in [1.54, 1.807) is 25.5 Å². The summed E-state index contributed by atoms with van der Waals surface area (Å²) >= 11 is 0. The van der Waals surface area contributed by atoms with Crippen LogP contribution in [0.4, 0.5) is 5.82 Å². The minimum atomic E-state index is -0.181. The number of anilines is 1. The lowest BCUT2D eigenvalue weighted by Crippen LogP contribution is -2.46. The molecular weight excluding hydrogens is 436 g/mol. The van der Waals surface area contributed by atoms with E-state index in [-0.39, 0.29) is 5.91 Å². The smallest absolute Gasteiger partial charge is 0.271 e. The third kappa shape index (κ3) is 4.76. The minimum Gasteiger partial charge on any atom is -0.497 e. The van der Waals surface area contributed by atoms with Crippen LogP contribution in [0.15, 0.2) is 51.6 Å². The van der Waals surface area contributed by atoms with Crippen molar-refractivity contribution in [1.82, 2.24) is 25.6 Å². The number of furan rings is 1. The zero-order chi connectivity index (χ0) is 23.3. The minimum absolute atomic E-state index is 0.181. The van der Waals surface area contributed by atoms with Crippen LogP contribution in [0, 0.1) is 0 Å². The van der Waals surface area contributed by atoms with E-state index in [1.807, 2.05) is 24.3 Å². The lowest BCUT2D eigenvalue weighted by atomic mass is 10.2. The molecule has 1 aliphatic heterocycles. The zero-order valence-electron chi connectivity index (χ0n) is 19.1. The molecule has 0 unspecified atom stereocenters. The van der Waals surface area contributed by atoms with Gasteiger partial charge in [-0.15, -0.1) is 0 Å².